The monoisotopic (exact) mass is 730 g/mol. The van der Waals surface area contributed by atoms with Crippen molar-refractivity contribution in [3.05, 3.63) is 75.3 Å². The Morgan fingerprint density at radius 1 is 0.960 bits per heavy atom. The van der Waals surface area contributed by atoms with E-state index >= 15 is 0 Å². The van der Waals surface area contributed by atoms with Crippen molar-refractivity contribution in [2.24, 2.45) is 36.1 Å². The van der Waals surface area contributed by atoms with Crippen LogP contribution in [-0.4, -0.2) is 49.0 Å². The zero-order valence-electron chi connectivity index (χ0n) is 28.5. The van der Waals surface area contributed by atoms with E-state index in [2.05, 4.69) is 0 Å². The Hall–Kier alpha value is -3.99. The van der Waals surface area contributed by atoms with Gasteiger partial charge in [0.25, 0.3) is 0 Å². The third kappa shape index (κ3) is 4.47. The van der Waals surface area contributed by atoms with Gasteiger partial charge in [0.2, 0.25) is 23.6 Å². The van der Waals surface area contributed by atoms with Gasteiger partial charge in [-0.1, -0.05) is 34.9 Å². The fourth-order valence-corrected chi connectivity index (χ4v) is 10.7. The maximum absolute atomic E-state index is 15.0. The van der Waals surface area contributed by atoms with Crippen LogP contribution in [0.15, 0.2) is 54.1 Å². The van der Waals surface area contributed by atoms with Gasteiger partial charge in [-0.05, 0) is 101 Å². The van der Waals surface area contributed by atoms with E-state index in [1.54, 1.807) is 48.2 Å². The second-order valence-corrected chi connectivity index (χ2v) is 17.2. The smallest absolute Gasteiger partial charge is 0.242 e. The summed E-state index contributed by atoms with van der Waals surface area (Å²) in [6.07, 6.45) is 2.50. The molecular formula is C38H36Cl2N4O5S. The normalized spacial score (nSPS) is 28.0. The molecule has 4 amide bonds. The van der Waals surface area contributed by atoms with Gasteiger partial charge in [-0.2, -0.15) is 5.10 Å². The number of hydrogen-bond donors (Lipinski definition) is 1. The minimum atomic E-state index is -1.33. The van der Waals surface area contributed by atoms with Crippen LogP contribution in [-0.2, 0) is 26.2 Å². The van der Waals surface area contributed by atoms with E-state index in [1.807, 2.05) is 52.0 Å². The van der Waals surface area contributed by atoms with Gasteiger partial charge in [0, 0.05) is 44.9 Å². The number of carbonyl (C=O) groups excluding carboxylic acids is 4. The van der Waals surface area contributed by atoms with E-state index in [4.69, 9.17) is 28.3 Å². The number of aryl methyl sites for hydroxylation is 2. The topological polar surface area (TPSA) is 113 Å². The highest BCUT2D eigenvalue weighted by molar-refractivity contribution is 7.22. The van der Waals surface area contributed by atoms with Crippen LogP contribution < -0.4 is 4.90 Å². The Labute approximate surface area is 303 Å². The lowest BCUT2D eigenvalue weighted by molar-refractivity contribution is -0.145. The molecule has 0 radical (unpaired) electrons. The fourth-order valence-electron chi connectivity index (χ4n) is 9.21. The number of nitrogens with zero attached hydrogens (tertiary/aromatic N) is 4. The van der Waals surface area contributed by atoms with Crippen LogP contribution in [0, 0.1) is 36.0 Å². The molecule has 2 saturated heterocycles. The van der Waals surface area contributed by atoms with E-state index in [0.29, 0.717) is 33.5 Å². The van der Waals surface area contributed by atoms with Gasteiger partial charge < -0.3 is 5.11 Å². The van der Waals surface area contributed by atoms with Crippen molar-refractivity contribution in [3.8, 4) is 16.3 Å². The number of likely N-dealkylation sites (tertiary alicyclic amines) is 1. The number of imide groups is 2. The first-order valence-electron chi connectivity index (χ1n) is 16.7. The van der Waals surface area contributed by atoms with Crippen molar-refractivity contribution < 1.29 is 24.3 Å². The first-order valence-corrected chi connectivity index (χ1v) is 18.3. The number of phenolic OH excluding ortho intramolecular Hbond substituents is 1. The molecule has 2 aliphatic heterocycles. The number of aromatic nitrogens is 2. The lowest BCUT2D eigenvalue weighted by Gasteiger charge is -2.49. The predicted molar refractivity (Wildman–Crippen MR) is 193 cm³/mol. The largest absolute Gasteiger partial charge is 0.508 e. The minimum absolute atomic E-state index is 0.0601. The number of thiophene rings is 1. The minimum Gasteiger partial charge on any atom is -0.508 e. The number of carbonyl (C=O) groups is 4. The fraction of sp³-hybridized carbons (Fsp3) is 0.395. The van der Waals surface area contributed by atoms with Crippen LogP contribution in [0.1, 0.15) is 57.6 Å². The average Bonchev–Trinajstić information content (AvgIpc) is 3.72. The molecule has 4 aliphatic rings. The van der Waals surface area contributed by atoms with Crippen LogP contribution >= 0.6 is 34.5 Å². The number of hydrogen-bond acceptors (Lipinski definition) is 7. The molecule has 2 aromatic carbocycles. The molecule has 1 saturated carbocycles. The summed E-state index contributed by atoms with van der Waals surface area (Å²) in [7, 11) is 1.71. The van der Waals surface area contributed by atoms with Gasteiger partial charge in [0.15, 0.2) is 0 Å². The first kappa shape index (κ1) is 33.2. The summed E-state index contributed by atoms with van der Waals surface area (Å²) in [5.41, 5.74) is 0.770. The van der Waals surface area contributed by atoms with Gasteiger partial charge in [-0.15, -0.1) is 11.3 Å². The highest BCUT2D eigenvalue weighted by Crippen LogP contribution is 2.64. The van der Waals surface area contributed by atoms with E-state index in [1.165, 1.54) is 15.9 Å². The molecule has 3 fully saturated rings. The molecule has 0 unspecified atom stereocenters. The van der Waals surface area contributed by atoms with Crippen LogP contribution in [0.4, 0.5) is 5.82 Å². The SMILES string of the molecule is Cc1c(-c2cc(N3C(=O)[C@@H]4C[C@@H]5C(=CC[C@@H]6C(=O)N(C(C)(C)C)C(=O)[C@@H]65)[C@H](c5cc(Cl)ccc5O)[C@]4(C)C3=O)n(C)n2)sc2ccc(Cl)cc12. The molecule has 12 heteroatoms. The second-order valence-electron chi connectivity index (χ2n) is 15.3. The maximum atomic E-state index is 15.0. The van der Waals surface area contributed by atoms with Crippen LogP contribution in [0.3, 0.4) is 0 Å². The van der Waals surface area contributed by atoms with E-state index in [9.17, 15) is 24.3 Å². The molecule has 50 heavy (non-hydrogen) atoms. The van der Waals surface area contributed by atoms with Gasteiger partial charge in [0.1, 0.15) is 17.3 Å². The zero-order chi connectivity index (χ0) is 35.8. The summed E-state index contributed by atoms with van der Waals surface area (Å²) in [5.74, 6) is -4.38. The lowest BCUT2D eigenvalue weighted by atomic mass is 9.51. The molecule has 4 aromatic rings. The van der Waals surface area contributed by atoms with E-state index in [-0.39, 0.29) is 24.0 Å². The number of halogens is 2. The van der Waals surface area contributed by atoms with Crippen molar-refractivity contribution in [1.29, 1.82) is 0 Å². The number of fused-ring (bicyclic) bond motifs is 5. The Morgan fingerprint density at radius 3 is 2.38 bits per heavy atom. The average molecular weight is 732 g/mol. The first-order chi connectivity index (χ1) is 23.5. The Balaban J connectivity index is 1.26. The Kier molecular flexibility index (Phi) is 7.30. The number of anilines is 1. The van der Waals surface area contributed by atoms with Gasteiger partial charge in [-0.3, -0.25) is 28.8 Å². The predicted octanol–water partition coefficient (Wildman–Crippen LogP) is 7.65. The summed E-state index contributed by atoms with van der Waals surface area (Å²) in [5, 5.41) is 18.1. The third-order valence-electron chi connectivity index (χ3n) is 11.5. The summed E-state index contributed by atoms with van der Waals surface area (Å²) in [4.78, 5) is 61.1. The van der Waals surface area contributed by atoms with Gasteiger partial charge in [-0.25, -0.2) is 4.90 Å². The summed E-state index contributed by atoms with van der Waals surface area (Å²) in [6, 6.07) is 12.2. The Bertz CT molecular complexity index is 2230. The molecule has 2 aliphatic carbocycles. The van der Waals surface area contributed by atoms with Crippen molar-refractivity contribution in [2.45, 2.75) is 58.9 Å². The van der Waals surface area contributed by atoms with Crippen LogP contribution in [0.25, 0.3) is 20.7 Å². The van der Waals surface area contributed by atoms with Crippen molar-refractivity contribution in [1.82, 2.24) is 14.7 Å². The van der Waals surface area contributed by atoms with Crippen molar-refractivity contribution in [2.75, 3.05) is 4.90 Å². The number of rotatable bonds is 3. The standard InChI is InChI=1S/C38H36Cl2N4O5S/c1-17-22-13-19(40)8-12-28(22)50-32(17)26-16-29(42(6)41-26)43-34(47)25-15-23-20(9-10-21-30(23)35(48)44(33(21)46)37(2,3)4)31(38(25,5)36(43)49)24-14-18(39)7-11-27(24)45/h7-9,11-14,16,21,23,25,30-31,45H,10,15H2,1-6H3/t21-,23+,25-,30-,31+,38+/m0/s1. The third-order valence-corrected chi connectivity index (χ3v) is 13.2. The molecule has 0 spiro atoms. The molecule has 9 nitrogen and oxygen atoms in total. The number of amides is 4. The maximum Gasteiger partial charge on any atom is 0.242 e. The van der Waals surface area contributed by atoms with Crippen molar-refractivity contribution >= 4 is 74.1 Å². The van der Waals surface area contributed by atoms with Crippen LogP contribution in [0.5, 0.6) is 5.75 Å². The number of phenols is 1. The number of benzene rings is 2. The molecule has 8 rings (SSSR count). The Morgan fingerprint density at radius 2 is 1.66 bits per heavy atom. The molecular weight excluding hydrogens is 695 g/mol. The molecule has 1 N–H and O–H groups in total. The molecule has 4 heterocycles. The van der Waals surface area contributed by atoms with Gasteiger partial charge >= 0.3 is 0 Å². The second kappa shape index (κ2) is 11.0. The number of aromatic hydroxyl groups is 1. The summed E-state index contributed by atoms with van der Waals surface area (Å²) < 4.78 is 2.60. The summed E-state index contributed by atoms with van der Waals surface area (Å²) >= 11 is 14.4. The highest BCUT2D eigenvalue weighted by atomic mass is 35.5. The van der Waals surface area contributed by atoms with E-state index in [0.717, 1.165) is 26.1 Å². The van der Waals surface area contributed by atoms with E-state index < -0.39 is 52.4 Å². The number of allylic oxidation sites excluding steroid dienone is 2. The quantitative estimate of drug-likeness (QED) is 0.171. The molecule has 0 bridgehead atoms. The van der Waals surface area contributed by atoms with Gasteiger partial charge in [0.05, 0.1) is 28.0 Å². The zero-order valence-corrected chi connectivity index (χ0v) is 30.8. The van der Waals surface area contributed by atoms with Crippen LogP contribution in [0.2, 0.25) is 10.0 Å². The molecule has 258 valence electrons. The lowest BCUT2D eigenvalue weighted by Crippen LogP contribution is -2.49. The summed E-state index contributed by atoms with van der Waals surface area (Å²) in [6.45, 7) is 9.31. The highest BCUT2D eigenvalue weighted by Gasteiger charge is 2.68. The van der Waals surface area contributed by atoms with Crippen molar-refractivity contribution in [3.63, 3.8) is 0 Å². The molecule has 2 aromatic heterocycles. The molecule has 6 atom stereocenters.